The molecular weight excluding hydrogens is 173 g/mol. The Kier molecular flexibility index (Phi) is 1.87. The van der Waals surface area contributed by atoms with E-state index in [1.807, 2.05) is 0 Å². The molecule has 12 heavy (non-hydrogen) atoms. The van der Waals surface area contributed by atoms with Gasteiger partial charge in [-0.3, -0.25) is 0 Å². The lowest BCUT2D eigenvalue weighted by Crippen LogP contribution is -1.80. The summed E-state index contributed by atoms with van der Waals surface area (Å²) in [6.07, 6.45) is 1.55. The summed E-state index contributed by atoms with van der Waals surface area (Å²) >= 11 is 1.31. The fourth-order valence-corrected chi connectivity index (χ4v) is 1.55. The van der Waals surface area contributed by atoms with Gasteiger partial charge < -0.3 is 0 Å². The Labute approximate surface area is 73.5 Å². The van der Waals surface area contributed by atoms with E-state index in [4.69, 9.17) is 0 Å². The number of hydrogen-bond donors (Lipinski definition) is 0. The summed E-state index contributed by atoms with van der Waals surface area (Å²) in [4.78, 5) is 3.97. The smallest absolute Gasteiger partial charge is 0.133 e. The number of hydrogen-bond acceptors (Lipinski definition) is 2. The van der Waals surface area contributed by atoms with Crippen molar-refractivity contribution >= 4 is 11.3 Å². The normalized spacial score (nSPS) is 10.1. The van der Waals surface area contributed by atoms with Gasteiger partial charge in [-0.15, -0.1) is 11.3 Å². The molecule has 59 valence electrons. The van der Waals surface area contributed by atoms with Crippen LogP contribution in [0.5, 0.6) is 0 Å². The number of thiazole rings is 1. The van der Waals surface area contributed by atoms with Crippen LogP contribution < -0.4 is 0 Å². The first-order valence-electron chi connectivity index (χ1n) is 3.45. The summed E-state index contributed by atoms with van der Waals surface area (Å²) in [5.74, 6) is -0.235. The third kappa shape index (κ3) is 1.23. The predicted molar refractivity (Wildman–Crippen MR) is 46.3 cm³/mol. The summed E-state index contributed by atoms with van der Waals surface area (Å²) in [5, 5.41) is 3.49. The van der Waals surface area contributed by atoms with Crippen LogP contribution in [0.25, 0.3) is 10.6 Å². The van der Waals surface area contributed by atoms with Crippen molar-refractivity contribution in [3.63, 3.8) is 0 Å². The maximum absolute atomic E-state index is 13.1. The van der Waals surface area contributed by atoms with Gasteiger partial charge in [0, 0.05) is 11.8 Å². The van der Waals surface area contributed by atoms with Crippen molar-refractivity contribution in [2.24, 2.45) is 0 Å². The Morgan fingerprint density at radius 2 is 2.17 bits per heavy atom. The lowest BCUT2D eigenvalue weighted by Gasteiger charge is -1.95. The molecule has 0 spiro atoms. The summed E-state index contributed by atoms with van der Waals surface area (Å²) in [6, 6.07) is 6.59. The average Bonchev–Trinajstić information content (AvgIpc) is 2.57. The number of aromatic nitrogens is 1. The molecule has 3 heteroatoms. The molecule has 1 heterocycles. The van der Waals surface area contributed by atoms with Crippen LogP contribution >= 0.6 is 11.3 Å². The Balaban J connectivity index is 2.55. The molecule has 0 fully saturated rings. The van der Waals surface area contributed by atoms with E-state index >= 15 is 0 Å². The van der Waals surface area contributed by atoms with E-state index in [0.717, 1.165) is 0 Å². The lowest BCUT2D eigenvalue weighted by atomic mass is 10.2. The minimum Gasteiger partial charge on any atom is -0.244 e. The highest BCUT2D eigenvalue weighted by atomic mass is 32.1. The van der Waals surface area contributed by atoms with Gasteiger partial charge in [-0.25, -0.2) is 9.37 Å². The number of nitrogens with zero attached hydrogens (tertiary/aromatic N) is 1. The Bertz CT molecular complexity index is 370. The van der Waals surface area contributed by atoms with E-state index < -0.39 is 0 Å². The summed E-state index contributed by atoms with van der Waals surface area (Å²) in [7, 11) is 0. The topological polar surface area (TPSA) is 12.9 Å². The van der Waals surface area contributed by atoms with Crippen molar-refractivity contribution < 1.29 is 4.39 Å². The zero-order valence-corrected chi connectivity index (χ0v) is 6.94. The van der Waals surface area contributed by atoms with Crippen molar-refractivity contribution in [1.29, 1.82) is 0 Å². The Hall–Kier alpha value is -1.22. The molecular formula is C9H5FNS. The molecule has 0 atom stereocenters. The minimum atomic E-state index is -0.235. The zero-order chi connectivity index (χ0) is 8.39. The van der Waals surface area contributed by atoms with Gasteiger partial charge in [0.15, 0.2) is 0 Å². The molecule has 2 rings (SSSR count). The maximum atomic E-state index is 13.1. The van der Waals surface area contributed by atoms with Gasteiger partial charge in [-0.05, 0) is 12.1 Å². The first kappa shape index (κ1) is 7.43. The Morgan fingerprint density at radius 1 is 1.33 bits per heavy atom. The monoisotopic (exact) mass is 178 g/mol. The maximum Gasteiger partial charge on any atom is 0.133 e. The molecule has 2 aromatic rings. The van der Waals surface area contributed by atoms with Crippen LogP contribution in [0, 0.1) is 11.2 Å². The first-order valence-corrected chi connectivity index (χ1v) is 4.26. The van der Waals surface area contributed by atoms with Crippen LogP contribution in [-0.4, -0.2) is 4.98 Å². The summed E-state index contributed by atoms with van der Waals surface area (Å²) in [5.41, 5.74) is 0.545. The van der Waals surface area contributed by atoms with Gasteiger partial charge in [0.05, 0.1) is 5.38 Å². The Morgan fingerprint density at radius 3 is 2.83 bits per heavy atom. The van der Waals surface area contributed by atoms with Crippen LogP contribution in [0.1, 0.15) is 0 Å². The van der Waals surface area contributed by atoms with Crippen molar-refractivity contribution in [3.05, 3.63) is 41.7 Å². The van der Waals surface area contributed by atoms with Crippen LogP contribution in [0.4, 0.5) is 4.39 Å². The van der Waals surface area contributed by atoms with Crippen molar-refractivity contribution in [3.8, 4) is 10.6 Å². The molecule has 1 nitrogen and oxygen atoms in total. The van der Waals surface area contributed by atoms with E-state index in [1.54, 1.807) is 24.4 Å². The second-order valence-corrected chi connectivity index (χ2v) is 3.09. The molecule has 1 aromatic heterocycles. The standard InChI is InChI=1S/C9H5FNS/c10-8-4-2-1-3-7(8)9-11-5-6-12-9/h1-5H. The fourth-order valence-electron chi connectivity index (χ4n) is 0.953. The average molecular weight is 178 g/mol. The quantitative estimate of drug-likeness (QED) is 0.654. The van der Waals surface area contributed by atoms with E-state index in [1.165, 1.54) is 17.4 Å². The largest absolute Gasteiger partial charge is 0.244 e. The lowest BCUT2D eigenvalue weighted by molar-refractivity contribution is 0.631. The van der Waals surface area contributed by atoms with Gasteiger partial charge in [-0.1, -0.05) is 12.1 Å². The third-order valence-electron chi connectivity index (χ3n) is 1.49. The number of benzene rings is 1. The second kappa shape index (κ2) is 3.03. The van der Waals surface area contributed by atoms with E-state index in [2.05, 4.69) is 10.4 Å². The van der Waals surface area contributed by atoms with Crippen LogP contribution in [-0.2, 0) is 0 Å². The molecule has 0 amide bonds. The predicted octanol–water partition coefficient (Wildman–Crippen LogP) is 2.75. The van der Waals surface area contributed by atoms with E-state index in [-0.39, 0.29) is 5.82 Å². The highest BCUT2D eigenvalue weighted by Crippen LogP contribution is 2.23. The van der Waals surface area contributed by atoms with Crippen LogP contribution in [0.3, 0.4) is 0 Å². The molecule has 0 aliphatic carbocycles. The highest BCUT2D eigenvalue weighted by molar-refractivity contribution is 7.12. The first-order chi connectivity index (χ1) is 5.88. The van der Waals surface area contributed by atoms with Crippen molar-refractivity contribution in [2.75, 3.05) is 0 Å². The molecule has 0 unspecified atom stereocenters. The molecule has 0 aliphatic heterocycles. The molecule has 1 aromatic carbocycles. The van der Waals surface area contributed by atoms with Gasteiger partial charge in [0.25, 0.3) is 0 Å². The SMILES string of the molecule is Fc1ccccc1-c1nc[c]s1. The summed E-state index contributed by atoms with van der Waals surface area (Å²) in [6.45, 7) is 0. The minimum absolute atomic E-state index is 0.235. The highest BCUT2D eigenvalue weighted by Gasteiger charge is 2.04. The second-order valence-electron chi connectivity index (χ2n) is 2.26. The van der Waals surface area contributed by atoms with E-state index in [0.29, 0.717) is 10.6 Å². The van der Waals surface area contributed by atoms with Crippen LogP contribution in [0.15, 0.2) is 30.5 Å². The molecule has 0 bridgehead atoms. The third-order valence-corrected chi connectivity index (χ3v) is 2.24. The summed E-state index contributed by atoms with van der Waals surface area (Å²) < 4.78 is 13.1. The van der Waals surface area contributed by atoms with E-state index in [9.17, 15) is 4.39 Å². The van der Waals surface area contributed by atoms with Gasteiger partial charge in [0.1, 0.15) is 10.8 Å². The van der Waals surface area contributed by atoms with Crippen molar-refractivity contribution in [2.45, 2.75) is 0 Å². The molecule has 1 radical (unpaired) electrons. The molecule has 0 saturated carbocycles. The molecule has 0 aliphatic rings. The van der Waals surface area contributed by atoms with Gasteiger partial charge >= 0.3 is 0 Å². The molecule has 0 N–H and O–H groups in total. The number of halogens is 1. The number of rotatable bonds is 1. The van der Waals surface area contributed by atoms with Gasteiger partial charge in [-0.2, -0.15) is 0 Å². The zero-order valence-electron chi connectivity index (χ0n) is 6.12. The van der Waals surface area contributed by atoms with Crippen LogP contribution in [0.2, 0.25) is 0 Å². The molecule has 0 saturated heterocycles. The van der Waals surface area contributed by atoms with Gasteiger partial charge in [0.2, 0.25) is 0 Å². The van der Waals surface area contributed by atoms with Crippen molar-refractivity contribution in [1.82, 2.24) is 4.98 Å². The fraction of sp³-hybridized carbons (Fsp3) is 0.